The average Bonchev–Trinajstić information content (AvgIpc) is 2.96. The van der Waals surface area contributed by atoms with Crippen LogP contribution in [-0.2, 0) is 6.54 Å². The Bertz CT molecular complexity index is 1110. The minimum atomic E-state index is -0.258. The molecule has 0 aliphatic heterocycles. The van der Waals surface area contributed by atoms with Crippen LogP contribution in [0.25, 0.3) is 21.8 Å². The number of aromatic nitrogens is 2. The molecule has 0 saturated heterocycles. The molecule has 3 aromatic rings. The van der Waals surface area contributed by atoms with Gasteiger partial charge in [-0.1, -0.05) is 51.5 Å². The zero-order chi connectivity index (χ0) is 20.7. The molecule has 1 aromatic heterocycles. The molecule has 1 aliphatic carbocycles. The minimum absolute atomic E-state index is 0.0451. The van der Waals surface area contributed by atoms with Crippen LogP contribution in [0.5, 0.6) is 0 Å². The SMILES string of the molecule is CC(C)[C@@H]1CC[C@@H](C)C[C@H]1C(=O)n1c(=O)n(CCN)c2cc3ccccc3cc21. The number of benzene rings is 2. The van der Waals surface area contributed by atoms with Crippen molar-refractivity contribution in [1.29, 1.82) is 0 Å². The summed E-state index contributed by atoms with van der Waals surface area (Å²) in [6.07, 6.45) is 3.06. The Labute approximate surface area is 171 Å². The molecular formula is C24H31N3O2. The summed E-state index contributed by atoms with van der Waals surface area (Å²) >= 11 is 0. The number of rotatable bonds is 4. The average molecular weight is 394 g/mol. The van der Waals surface area contributed by atoms with Crippen molar-refractivity contribution in [3.63, 3.8) is 0 Å². The Balaban J connectivity index is 1.92. The van der Waals surface area contributed by atoms with Gasteiger partial charge in [-0.2, -0.15) is 0 Å². The molecule has 0 radical (unpaired) electrons. The summed E-state index contributed by atoms with van der Waals surface area (Å²) in [4.78, 5) is 27.1. The van der Waals surface area contributed by atoms with Crippen molar-refractivity contribution >= 4 is 27.7 Å². The van der Waals surface area contributed by atoms with Gasteiger partial charge in [-0.05, 0) is 53.5 Å². The van der Waals surface area contributed by atoms with Gasteiger partial charge >= 0.3 is 5.69 Å². The predicted octanol–water partition coefficient (Wildman–Crippen LogP) is 4.26. The van der Waals surface area contributed by atoms with Gasteiger partial charge in [-0.25, -0.2) is 9.36 Å². The van der Waals surface area contributed by atoms with E-state index in [0.29, 0.717) is 36.4 Å². The maximum absolute atomic E-state index is 13.8. The number of fused-ring (bicyclic) bond motifs is 2. The van der Waals surface area contributed by atoms with Gasteiger partial charge in [-0.15, -0.1) is 0 Å². The maximum atomic E-state index is 13.8. The van der Waals surface area contributed by atoms with E-state index in [1.54, 1.807) is 4.57 Å². The van der Waals surface area contributed by atoms with Gasteiger partial charge in [0.05, 0.1) is 11.0 Å². The van der Waals surface area contributed by atoms with Crippen LogP contribution in [0, 0.1) is 23.7 Å². The van der Waals surface area contributed by atoms with Crippen LogP contribution in [0.2, 0.25) is 0 Å². The monoisotopic (exact) mass is 393 g/mol. The molecule has 4 rings (SSSR count). The van der Waals surface area contributed by atoms with Crippen LogP contribution in [0.4, 0.5) is 0 Å². The van der Waals surface area contributed by atoms with Gasteiger partial charge in [0.25, 0.3) is 0 Å². The summed E-state index contributed by atoms with van der Waals surface area (Å²) in [6, 6.07) is 12.0. The fraction of sp³-hybridized carbons (Fsp3) is 0.500. The van der Waals surface area contributed by atoms with E-state index >= 15 is 0 Å². The molecule has 2 aromatic carbocycles. The summed E-state index contributed by atoms with van der Waals surface area (Å²) in [7, 11) is 0. The van der Waals surface area contributed by atoms with Gasteiger partial charge < -0.3 is 5.73 Å². The number of hydrogen-bond donors (Lipinski definition) is 1. The number of carbonyl (C=O) groups excluding carboxylic acids is 1. The minimum Gasteiger partial charge on any atom is -0.329 e. The number of nitrogens with zero attached hydrogens (tertiary/aromatic N) is 2. The third-order valence-corrected chi connectivity index (χ3v) is 6.71. The van der Waals surface area contributed by atoms with Crippen molar-refractivity contribution < 1.29 is 4.79 Å². The van der Waals surface area contributed by atoms with Crippen LogP contribution in [0.15, 0.2) is 41.2 Å². The normalized spacial score (nSPS) is 22.6. The van der Waals surface area contributed by atoms with E-state index in [-0.39, 0.29) is 17.5 Å². The molecule has 0 bridgehead atoms. The van der Waals surface area contributed by atoms with Crippen LogP contribution in [-0.4, -0.2) is 21.6 Å². The van der Waals surface area contributed by atoms with E-state index in [0.717, 1.165) is 35.6 Å². The van der Waals surface area contributed by atoms with Crippen molar-refractivity contribution in [2.45, 2.75) is 46.6 Å². The van der Waals surface area contributed by atoms with E-state index in [4.69, 9.17) is 5.73 Å². The zero-order valence-corrected chi connectivity index (χ0v) is 17.6. The Hall–Kier alpha value is -2.40. The lowest BCUT2D eigenvalue weighted by Gasteiger charge is -2.36. The highest BCUT2D eigenvalue weighted by molar-refractivity contribution is 6.00. The first-order chi connectivity index (χ1) is 13.9. The number of imidazole rings is 1. The number of nitrogens with two attached hydrogens (primary N) is 1. The fourth-order valence-electron chi connectivity index (χ4n) is 5.15. The molecule has 5 nitrogen and oxygen atoms in total. The van der Waals surface area contributed by atoms with Crippen LogP contribution >= 0.6 is 0 Å². The summed E-state index contributed by atoms with van der Waals surface area (Å²) in [5, 5.41) is 2.09. The maximum Gasteiger partial charge on any atom is 0.336 e. The van der Waals surface area contributed by atoms with E-state index in [2.05, 4.69) is 20.8 Å². The summed E-state index contributed by atoms with van der Waals surface area (Å²) in [5.41, 5.74) is 7.02. The van der Waals surface area contributed by atoms with Crippen molar-refractivity contribution in [1.82, 2.24) is 9.13 Å². The van der Waals surface area contributed by atoms with E-state index in [9.17, 15) is 9.59 Å². The lowest BCUT2D eigenvalue weighted by molar-refractivity contribution is 0.0633. The van der Waals surface area contributed by atoms with E-state index < -0.39 is 0 Å². The largest absolute Gasteiger partial charge is 0.336 e. The van der Waals surface area contributed by atoms with Crippen LogP contribution in [0.3, 0.4) is 0 Å². The Morgan fingerprint density at radius 3 is 2.41 bits per heavy atom. The van der Waals surface area contributed by atoms with E-state index in [1.165, 1.54) is 4.57 Å². The molecule has 154 valence electrons. The lowest BCUT2D eigenvalue weighted by Crippen LogP contribution is -2.40. The van der Waals surface area contributed by atoms with Gasteiger partial charge in [0.2, 0.25) is 5.91 Å². The molecule has 1 fully saturated rings. The molecule has 0 unspecified atom stereocenters. The summed E-state index contributed by atoms with van der Waals surface area (Å²) in [5.74, 6) is 1.09. The summed E-state index contributed by atoms with van der Waals surface area (Å²) in [6.45, 7) is 7.35. The first-order valence-electron chi connectivity index (χ1n) is 10.8. The second-order valence-corrected chi connectivity index (χ2v) is 9.02. The number of carbonyl (C=O) groups is 1. The zero-order valence-electron chi connectivity index (χ0n) is 17.6. The molecule has 1 heterocycles. The van der Waals surface area contributed by atoms with Crippen molar-refractivity contribution in [3.8, 4) is 0 Å². The first-order valence-corrected chi connectivity index (χ1v) is 10.8. The van der Waals surface area contributed by atoms with E-state index in [1.807, 2.05) is 36.4 Å². The lowest BCUT2D eigenvalue weighted by atomic mass is 9.69. The standard InChI is InChI=1S/C24H31N3O2/c1-15(2)19-9-8-16(3)12-20(19)23(28)27-22-14-18-7-5-4-6-17(18)13-21(22)26(11-10-25)24(27)29/h4-7,13-16,19-20H,8-12,25H2,1-3H3/t16-,19+,20-/m1/s1. The van der Waals surface area contributed by atoms with Crippen molar-refractivity contribution in [3.05, 3.63) is 46.9 Å². The highest BCUT2D eigenvalue weighted by Gasteiger charge is 2.37. The second kappa shape index (κ2) is 7.79. The van der Waals surface area contributed by atoms with Crippen molar-refractivity contribution in [2.75, 3.05) is 6.54 Å². The molecule has 0 spiro atoms. The van der Waals surface area contributed by atoms with Crippen LogP contribution in [0.1, 0.15) is 44.8 Å². The topological polar surface area (TPSA) is 70.0 Å². The molecule has 5 heteroatoms. The third-order valence-electron chi connectivity index (χ3n) is 6.71. The fourth-order valence-corrected chi connectivity index (χ4v) is 5.15. The smallest absolute Gasteiger partial charge is 0.329 e. The van der Waals surface area contributed by atoms with Crippen LogP contribution < -0.4 is 11.4 Å². The molecule has 29 heavy (non-hydrogen) atoms. The first kappa shape index (κ1) is 19.9. The Morgan fingerprint density at radius 1 is 1.14 bits per heavy atom. The highest BCUT2D eigenvalue weighted by atomic mass is 16.2. The third kappa shape index (κ3) is 3.42. The summed E-state index contributed by atoms with van der Waals surface area (Å²) < 4.78 is 3.10. The van der Waals surface area contributed by atoms with Gasteiger partial charge in [-0.3, -0.25) is 9.36 Å². The Kier molecular flexibility index (Phi) is 5.34. The quantitative estimate of drug-likeness (QED) is 0.720. The predicted molar refractivity (Wildman–Crippen MR) is 118 cm³/mol. The molecule has 1 aliphatic rings. The molecule has 0 amide bonds. The second-order valence-electron chi connectivity index (χ2n) is 9.02. The molecule has 3 atom stereocenters. The molecular weight excluding hydrogens is 362 g/mol. The van der Waals surface area contributed by atoms with Crippen molar-refractivity contribution in [2.24, 2.45) is 29.4 Å². The van der Waals surface area contributed by atoms with Gasteiger partial charge in [0.15, 0.2) is 0 Å². The van der Waals surface area contributed by atoms with Gasteiger partial charge in [0.1, 0.15) is 0 Å². The highest BCUT2D eigenvalue weighted by Crippen LogP contribution is 2.39. The molecule has 2 N–H and O–H groups in total. The Morgan fingerprint density at radius 2 is 1.79 bits per heavy atom. The number of hydrogen-bond acceptors (Lipinski definition) is 3. The molecule has 1 saturated carbocycles. The van der Waals surface area contributed by atoms with Gasteiger partial charge in [0, 0.05) is 19.0 Å².